The van der Waals surface area contributed by atoms with E-state index >= 15 is 0 Å². The number of nitrogens with one attached hydrogen (secondary N) is 1. The van der Waals surface area contributed by atoms with Gasteiger partial charge in [0.15, 0.2) is 11.5 Å². The topological polar surface area (TPSA) is 99.9 Å². The van der Waals surface area contributed by atoms with Crippen molar-refractivity contribution in [2.75, 3.05) is 7.11 Å². The van der Waals surface area contributed by atoms with Crippen LogP contribution in [0.2, 0.25) is 0 Å². The van der Waals surface area contributed by atoms with Gasteiger partial charge >= 0.3 is 6.18 Å². The van der Waals surface area contributed by atoms with Crippen LogP contribution in [0.5, 0.6) is 11.8 Å². The molecule has 1 aromatic carbocycles. The molecule has 0 amide bonds. The summed E-state index contributed by atoms with van der Waals surface area (Å²) in [6.07, 6.45) is 0.0875. The number of halogens is 3. The lowest BCUT2D eigenvalue weighted by molar-refractivity contribution is -0.140. The maximum atomic E-state index is 13.0. The van der Waals surface area contributed by atoms with Gasteiger partial charge < -0.3 is 19.4 Å². The van der Waals surface area contributed by atoms with Crippen LogP contribution in [0.1, 0.15) is 47.0 Å². The van der Waals surface area contributed by atoms with E-state index in [-0.39, 0.29) is 12.4 Å². The first-order valence-corrected chi connectivity index (χ1v) is 12.1. The van der Waals surface area contributed by atoms with Gasteiger partial charge in [0.05, 0.1) is 24.1 Å². The molecule has 3 aromatic heterocycles. The van der Waals surface area contributed by atoms with Crippen molar-refractivity contribution in [3.05, 3.63) is 65.0 Å². The second kappa shape index (κ2) is 9.35. The summed E-state index contributed by atoms with van der Waals surface area (Å²) in [5, 5.41) is 3.29. The second-order valence-electron chi connectivity index (χ2n) is 9.34. The number of aromatic nitrogens is 6. The monoisotopic (exact) mass is 523 g/mol. The molecule has 1 aliphatic heterocycles. The zero-order chi connectivity index (χ0) is 26.4. The summed E-state index contributed by atoms with van der Waals surface area (Å²) in [4.78, 5) is 22.1. The Morgan fingerprint density at radius 2 is 1.82 bits per heavy atom. The fourth-order valence-electron chi connectivity index (χ4n) is 4.55. The van der Waals surface area contributed by atoms with Crippen LogP contribution in [0.15, 0.2) is 36.8 Å². The summed E-state index contributed by atoms with van der Waals surface area (Å²) in [6, 6.07) is 7.06. The molecule has 1 saturated carbocycles. The van der Waals surface area contributed by atoms with Crippen LogP contribution < -0.4 is 14.8 Å². The molecular formula is C26H24F3N7O2. The minimum Gasteiger partial charge on any atom is -0.480 e. The van der Waals surface area contributed by atoms with Gasteiger partial charge in [-0.25, -0.2) is 19.9 Å². The van der Waals surface area contributed by atoms with Crippen molar-refractivity contribution in [1.29, 1.82) is 0 Å². The van der Waals surface area contributed by atoms with Gasteiger partial charge in [0, 0.05) is 37.8 Å². The lowest BCUT2D eigenvalue weighted by Gasteiger charge is -2.14. The van der Waals surface area contributed by atoms with Crippen LogP contribution >= 0.6 is 0 Å². The molecule has 1 fully saturated rings. The van der Waals surface area contributed by atoms with Crippen molar-refractivity contribution in [2.45, 2.75) is 44.6 Å². The number of imidazole rings is 1. The van der Waals surface area contributed by atoms with Gasteiger partial charge in [-0.1, -0.05) is 24.3 Å². The normalized spacial score (nSPS) is 15.0. The number of alkyl halides is 3. The predicted octanol–water partition coefficient (Wildman–Crippen LogP) is 4.42. The molecule has 0 saturated heterocycles. The molecule has 0 unspecified atom stereocenters. The Balaban J connectivity index is 1.27. The summed E-state index contributed by atoms with van der Waals surface area (Å²) in [5.41, 5.74) is 3.80. The first kappa shape index (κ1) is 24.3. The van der Waals surface area contributed by atoms with Crippen LogP contribution in [0, 0.1) is 0 Å². The van der Waals surface area contributed by atoms with E-state index in [9.17, 15) is 13.2 Å². The van der Waals surface area contributed by atoms with E-state index in [1.54, 1.807) is 31.4 Å². The molecule has 0 atom stereocenters. The smallest absolute Gasteiger partial charge is 0.434 e. The van der Waals surface area contributed by atoms with Crippen molar-refractivity contribution < 1.29 is 22.6 Å². The number of nitrogens with zero attached hydrogens (tertiary/aromatic N) is 6. The summed E-state index contributed by atoms with van der Waals surface area (Å²) >= 11 is 0. The van der Waals surface area contributed by atoms with Crippen molar-refractivity contribution in [1.82, 2.24) is 34.8 Å². The number of rotatable bonds is 7. The van der Waals surface area contributed by atoms with Gasteiger partial charge in [0.1, 0.15) is 24.3 Å². The van der Waals surface area contributed by atoms with Gasteiger partial charge in [-0.3, -0.25) is 0 Å². The van der Waals surface area contributed by atoms with Gasteiger partial charge in [0.2, 0.25) is 11.8 Å². The maximum Gasteiger partial charge on any atom is 0.434 e. The zero-order valence-electron chi connectivity index (χ0n) is 20.7. The summed E-state index contributed by atoms with van der Waals surface area (Å²) in [5.74, 6) is 1.93. The molecule has 1 aliphatic carbocycles. The molecule has 0 bridgehead atoms. The van der Waals surface area contributed by atoms with E-state index < -0.39 is 11.9 Å². The molecule has 1 N–H and O–H groups in total. The van der Waals surface area contributed by atoms with Crippen LogP contribution in [0.25, 0.3) is 22.8 Å². The highest BCUT2D eigenvalue weighted by Crippen LogP contribution is 2.45. The number of hydrogen-bond donors (Lipinski definition) is 1. The van der Waals surface area contributed by atoms with E-state index in [4.69, 9.17) is 19.4 Å². The minimum atomic E-state index is -4.50. The van der Waals surface area contributed by atoms with Crippen LogP contribution in [-0.2, 0) is 32.9 Å². The third-order valence-corrected chi connectivity index (χ3v) is 6.63. The molecule has 196 valence electrons. The Kier molecular flexibility index (Phi) is 5.98. The first-order valence-electron chi connectivity index (χ1n) is 12.1. The summed E-state index contributed by atoms with van der Waals surface area (Å²) in [6.45, 7) is 1.40. The largest absolute Gasteiger partial charge is 0.480 e. The molecule has 4 aromatic rings. The summed E-state index contributed by atoms with van der Waals surface area (Å²) < 4.78 is 52.2. The van der Waals surface area contributed by atoms with Crippen molar-refractivity contribution in [3.8, 4) is 34.5 Å². The predicted molar refractivity (Wildman–Crippen MR) is 130 cm³/mol. The third-order valence-electron chi connectivity index (χ3n) is 6.63. The van der Waals surface area contributed by atoms with Crippen LogP contribution in [0.3, 0.4) is 0 Å². The fraction of sp³-hybridized carbons (Fsp3) is 0.346. The second-order valence-corrected chi connectivity index (χ2v) is 9.34. The molecule has 0 spiro atoms. The molecule has 6 rings (SSSR count). The standard InChI is InChI=1S/C26H24F3N7O2/c1-36-11-19(26(27,28)29)34-23(36)16-5-3-14(4-6-16)12-38-24-17-9-30-10-18(17)33-22(35-24)20-21(15-7-8-15)31-13-32-25(20)37-2/h3-6,11,13,15,30H,7-10,12H2,1-2H3. The Hall–Kier alpha value is -4.06. The molecule has 12 heteroatoms. The molecule has 9 nitrogen and oxygen atoms in total. The Morgan fingerprint density at radius 3 is 2.50 bits per heavy atom. The number of ether oxygens (including phenoxy) is 2. The molecule has 0 radical (unpaired) electrons. The van der Waals surface area contributed by atoms with E-state index in [2.05, 4.69) is 20.3 Å². The van der Waals surface area contributed by atoms with E-state index in [0.29, 0.717) is 47.7 Å². The Morgan fingerprint density at radius 1 is 1.03 bits per heavy atom. The average Bonchev–Trinajstić information content (AvgIpc) is 3.51. The summed E-state index contributed by atoms with van der Waals surface area (Å²) in [7, 11) is 3.10. The van der Waals surface area contributed by atoms with E-state index in [1.165, 1.54) is 17.9 Å². The van der Waals surface area contributed by atoms with Crippen LogP contribution in [-0.4, -0.2) is 36.6 Å². The number of fused-ring (bicyclic) bond motifs is 1. The van der Waals surface area contributed by atoms with Gasteiger partial charge in [-0.15, -0.1) is 0 Å². The number of methoxy groups -OCH3 is 1. The number of hydrogen-bond acceptors (Lipinski definition) is 8. The fourth-order valence-corrected chi connectivity index (χ4v) is 4.55. The van der Waals surface area contributed by atoms with E-state index in [1.807, 2.05) is 0 Å². The number of aryl methyl sites for hydroxylation is 1. The van der Waals surface area contributed by atoms with Gasteiger partial charge in [0.25, 0.3) is 0 Å². The average molecular weight is 524 g/mol. The van der Waals surface area contributed by atoms with Crippen molar-refractivity contribution in [3.63, 3.8) is 0 Å². The highest BCUT2D eigenvalue weighted by molar-refractivity contribution is 5.67. The third kappa shape index (κ3) is 4.55. The van der Waals surface area contributed by atoms with Crippen molar-refractivity contribution in [2.24, 2.45) is 7.05 Å². The highest BCUT2D eigenvalue weighted by Gasteiger charge is 2.35. The molecule has 38 heavy (non-hydrogen) atoms. The van der Waals surface area contributed by atoms with E-state index in [0.717, 1.165) is 41.6 Å². The maximum absolute atomic E-state index is 13.0. The Bertz CT molecular complexity index is 1500. The van der Waals surface area contributed by atoms with Crippen LogP contribution in [0.4, 0.5) is 13.2 Å². The lowest BCUT2D eigenvalue weighted by atomic mass is 10.1. The Labute approximate surface area is 216 Å². The number of benzene rings is 1. The van der Waals surface area contributed by atoms with Gasteiger partial charge in [-0.2, -0.15) is 18.2 Å². The zero-order valence-corrected chi connectivity index (χ0v) is 20.7. The quantitative estimate of drug-likeness (QED) is 0.380. The minimum absolute atomic E-state index is 0.218. The first-order chi connectivity index (χ1) is 18.3. The SMILES string of the molecule is COc1ncnc(C2CC2)c1-c1nc2c(c(OCc3ccc(-c4nc(C(F)(F)F)cn4C)cc3)n1)CNC2. The lowest BCUT2D eigenvalue weighted by Crippen LogP contribution is -2.07. The molecule has 2 aliphatic rings. The van der Waals surface area contributed by atoms with Crippen molar-refractivity contribution >= 4 is 0 Å². The molecule has 4 heterocycles. The molecular weight excluding hydrogens is 499 g/mol. The highest BCUT2D eigenvalue weighted by atomic mass is 19.4. The van der Waals surface area contributed by atoms with Gasteiger partial charge in [-0.05, 0) is 18.4 Å².